The molecule has 0 saturated carbocycles. The maximum Gasteiger partial charge on any atom is 0.249 e. The molecule has 24 heavy (non-hydrogen) atoms. The minimum atomic E-state index is -2.00. The lowest BCUT2D eigenvalue weighted by atomic mass is 10.1. The van der Waals surface area contributed by atoms with Gasteiger partial charge in [0.25, 0.3) is 0 Å². The van der Waals surface area contributed by atoms with E-state index in [4.69, 9.17) is 4.55 Å². The number of pyridine rings is 2. The summed E-state index contributed by atoms with van der Waals surface area (Å²) in [5, 5.41) is 4.13. The highest BCUT2D eigenvalue weighted by atomic mass is 32.2. The Hall–Kier alpha value is -2.55. The molecular weight excluding hydrogens is 328 g/mol. The standard InChI is InChI=1S/C16H16N4O3S/c21-15-5-4-13-14(7-8-17-16(13)20-15)19-12-3-1-2-11(10-12)6-9-18-24(22)23/h1-5,7-8,10,18H,6,9H2,(H,22,23)(H2,17,19,20,21). The second-order valence-corrected chi connectivity index (χ2v) is 5.95. The molecule has 0 aliphatic heterocycles. The van der Waals surface area contributed by atoms with Gasteiger partial charge in [0.1, 0.15) is 5.65 Å². The topological polar surface area (TPSA) is 107 Å². The zero-order valence-corrected chi connectivity index (χ0v) is 13.5. The van der Waals surface area contributed by atoms with E-state index in [1.165, 1.54) is 6.07 Å². The van der Waals surface area contributed by atoms with E-state index >= 15 is 0 Å². The van der Waals surface area contributed by atoms with Crippen molar-refractivity contribution in [3.8, 4) is 0 Å². The summed E-state index contributed by atoms with van der Waals surface area (Å²) in [6, 6.07) is 12.8. The number of nitrogens with zero attached hydrogens (tertiary/aromatic N) is 1. The Bertz CT molecular complexity index is 942. The zero-order valence-electron chi connectivity index (χ0n) is 12.7. The normalized spacial score (nSPS) is 12.2. The van der Waals surface area contributed by atoms with Crippen molar-refractivity contribution in [3.63, 3.8) is 0 Å². The fourth-order valence-corrected chi connectivity index (χ4v) is 2.69. The van der Waals surface area contributed by atoms with Crippen LogP contribution in [0, 0.1) is 0 Å². The molecule has 1 aromatic carbocycles. The van der Waals surface area contributed by atoms with Gasteiger partial charge in [-0.15, -0.1) is 0 Å². The molecule has 1 atom stereocenters. The van der Waals surface area contributed by atoms with Crippen LogP contribution in [0.5, 0.6) is 0 Å². The molecule has 0 aliphatic rings. The molecule has 2 aromatic heterocycles. The third kappa shape index (κ3) is 4.05. The van der Waals surface area contributed by atoms with E-state index in [-0.39, 0.29) is 5.56 Å². The van der Waals surface area contributed by atoms with Crippen LogP contribution in [-0.2, 0) is 17.7 Å². The fourth-order valence-electron chi connectivity index (χ4n) is 2.41. The molecule has 0 bridgehead atoms. The quantitative estimate of drug-likeness (QED) is 0.511. The van der Waals surface area contributed by atoms with Gasteiger partial charge in [-0.1, -0.05) is 12.1 Å². The largest absolute Gasteiger partial charge is 0.355 e. The number of H-pyrrole nitrogens is 1. The van der Waals surface area contributed by atoms with Gasteiger partial charge in [0.2, 0.25) is 16.8 Å². The van der Waals surface area contributed by atoms with Crippen LogP contribution in [0.15, 0.2) is 53.5 Å². The van der Waals surface area contributed by atoms with E-state index in [0.717, 1.165) is 22.3 Å². The van der Waals surface area contributed by atoms with Gasteiger partial charge < -0.3 is 10.3 Å². The van der Waals surface area contributed by atoms with Gasteiger partial charge in [-0.3, -0.25) is 9.35 Å². The number of benzene rings is 1. The maximum atomic E-state index is 11.4. The summed E-state index contributed by atoms with van der Waals surface area (Å²) in [6.07, 6.45) is 2.26. The monoisotopic (exact) mass is 344 g/mol. The van der Waals surface area contributed by atoms with E-state index in [2.05, 4.69) is 20.0 Å². The van der Waals surface area contributed by atoms with Crippen LogP contribution < -0.4 is 15.6 Å². The highest BCUT2D eigenvalue weighted by Crippen LogP contribution is 2.23. The molecule has 1 unspecified atom stereocenters. The molecule has 3 rings (SSSR count). The molecule has 124 valence electrons. The van der Waals surface area contributed by atoms with Crippen LogP contribution in [0.1, 0.15) is 5.56 Å². The summed E-state index contributed by atoms with van der Waals surface area (Å²) in [5.74, 6) is 0. The Balaban J connectivity index is 1.81. The zero-order chi connectivity index (χ0) is 16.9. The van der Waals surface area contributed by atoms with Gasteiger partial charge in [0.05, 0.1) is 5.69 Å². The van der Waals surface area contributed by atoms with Crippen molar-refractivity contribution in [2.45, 2.75) is 6.42 Å². The van der Waals surface area contributed by atoms with Crippen molar-refractivity contribution in [2.75, 3.05) is 11.9 Å². The molecule has 2 heterocycles. The molecule has 0 amide bonds. The first kappa shape index (κ1) is 16.3. The van der Waals surface area contributed by atoms with E-state index in [9.17, 15) is 9.00 Å². The van der Waals surface area contributed by atoms with Gasteiger partial charge in [-0.25, -0.2) is 13.9 Å². The minimum Gasteiger partial charge on any atom is -0.355 e. The van der Waals surface area contributed by atoms with Crippen molar-refractivity contribution in [2.24, 2.45) is 0 Å². The van der Waals surface area contributed by atoms with Crippen LogP contribution in [-0.4, -0.2) is 25.3 Å². The van der Waals surface area contributed by atoms with Gasteiger partial charge in [0, 0.05) is 29.9 Å². The summed E-state index contributed by atoms with van der Waals surface area (Å²) in [6.45, 7) is 0.409. The number of hydrogen-bond acceptors (Lipinski definition) is 4. The Morgan fingerprint density at radius 3 is 2.92 bits per heavy atom. The van der Waals surface area contributed by atoms with Crippen molar-refractivity contribution < 1.29 is 8.76 Å². The highest BCUT2D eigenvalue weighted by molar-refractivity contribution is 7.77. The third-order valence-electron chi connectivity index (χ3n) is 3.48. The number of anilines is 2. The first-order valence-corrected chi connectivity index (χ1v) is 8.41. The number of hydrogen-bond donors (Lipinski definition) is 4. The van der Waals surface area contributed by atoms with Crippen LogP contribution in [0.25, 0.3) is 11.0 Å². The molecule has 0 saturated heterocycles. The number of fused-ring (bicyclic) bond motifs is 1. The third-order valence-corrected chi connectivity index (χ3v) is 3.93. The second-order valence-electron chi connectivity index (χ2n) is 5.16. The Morgan fingerprint density at radius 2 is 2.08 bits per heavy atom. The average molecular weight is 344 g/mol. The summed E-state index contributed by atoms with van der Waals surface area (Å²) >= 11 is -2.00. The molecule has 4 N–H and O–H groups in total. The SMILES string of the molecule is O=c1ccc2c(Nc3cccc(CCNS(=O)O)c3)ccnc2[nH]1. The predicted molar refractivity (Wildman–Crippen MR) is 94.6 cm³/mol. The van der Waals surface area contributed by atoms with E-state index in [0.29, 0.717) is 18.6 Å². The smallest absolute Gasteiger partial charge is 0.249 e. The number of aromatic nitrogens is 2. The predicted octanol–water partition coefficient (Wildman–Crippen LogP) is 1.94. The van der Waals surface area contributed by atoms with Gasteiger partial charge in [-0.05, 0) is 36.2 Å². The molecule has 8 heteroatoms. The Morgan fingerprint density at radius 1 is 1.21 bits per heavy atom. The Kier molecular flexibility index (Phi) is 4.99. The highest BCUT2D eigenvalue weighted by Gasteiger charge is 2.04. The second kappa shape index (κ2) is 7.35. The van der Waals surface area contributed by atoms with Crippen LogP contribution >= 0.6 is 0 Å². The van der Waals surface area contributed by atoms with Crippen LogP contribution in [0.2, 0.25) is 0 Å². The molecule has 0 aliphatic carbocycles. The lowest BCUT2D eigenvalue weighted by Crippen LogP contribution is -2.19. The van der Waals surface area contributed by atoms with Crippen LogP contribution in [0.3, 0.4) is 0 Å². The number of nitrogens with one attached hydrogen (secondary N) is 3. The van der Waals surface area contributed by atoms with Gasteiger partial charge in [-0.2, -0.15) is 0 Å². The Labute approximate surface area is 140 Å². The average Bonchev–Trinajstić information content (AvgIpc) is 2.55. The molecule has 0 radical (unpaired) electrons. The van der Waals surface area contributed by atoms with E-state index in [1.54, 1.807) is 12.3 Å². The van der Waals surface area contributed by atoms with Gasteiger partial charge in [0.15, 0.2) is 0 Å². The van der Waals surface area contributed by atoms with Crippen molar-refractivity contribution in [1.29, 1.82) is 0 Å². The number of rotatable bonds is 6. The summed E-state index contributed by atoms with van der Waals surface area (Å²) in [5.41, 5.74) is 3.09. The van der Waals surface area contributed by atoms with Crippen molar-refractivity contribution in [3.05, 3.63) is 64.6 Å². The first-order chi connectivity index (χ1) is 11.6. The van der Waals surface area contributed by atoms with E-state index in [1.807, 2.05) is 30.3 Å². The van der Waals surface area contributed by atoms with Crippen molar-refractivity contribution >= 4 is 33.7 Å². The van der Waals surface area contributed by atoms with E-state index < -0.39 is 11.3 Å². The summed E-state index contributed by atoms with van der Waals surface area (Å²) in [7, 11) is 0. The minimum absolute atomic E-state index is 0.192. The van der Waals surface area contributed by atoms with Crippen molar-refractivity contribution in [1.82, 2.24) is 14.7 Å². The lowest BCUT2D eigenvalue weighted by molar-refractivity contribution is 0.549. The lowest BCUT2D eigenvalue weighted by Gasteiger charge is -2.10. The molecule has 0 spiro atoms. The molecule has 3 aromatic rings. The summed E-state index contributed by atoms with van der Waals surface area (Å²) in [4.78, 5) is 18.2. The molecular formula is C16H16N4O3S. The van der Waals surface area contributed by atoms with Gasteiger partial charge >= 0.3 is 0 Å². The first-order valence-electron chi connectivity index (χ1n) is 7.30. The van der Waals surface area contributed by atoms with Crippen LogP contribution in [0.4, 0.5) is 11.4 Å². The molecule has 7 nitrogen and oxygen atoms in total. The molecule has 0 fully saturated rings. The maximum absolute atomic E-state index is 11.4. The fraction of sp³-hybridized carbons (Fsp3) is 0.125. The number of aromatic amines is 1. The summed E-state index contributed by atoms with van der Waals surface area (Å²) < 4.78 is 21.8.